The average molecular weight is 332 g/mol. The van der Waals surface area contributed by atoms with Gasteiger partial charge in [-0.3, -0.25) is 4.79 Å². The summed E-state index contributed by atoms with van der Waals surface area (Å²) in [5.74, 6) is -0.536. The SMILES string of the molecule is N#CCN(CC#N)C(=O)c1cccc(S(=O)(=O)N2CCCC2)c1. The fourth-order valence-electron chi connectivity index (χ4n) is 2.42. The van der Waals surface area contributed by atoms with Crippen molar-refractivity contribution >= 4 is 15.9 Å². The molecule has 120 valence electrons. The maximum Gasteiger partial charge on any atom is 0.255 e. The third-order valence-electron chi connectivity index (χ3n) is 3.59. The van der Waals surface area contributed by atoms with Gasteiger partial charge in [0.2, 0.25) is 10.0 Å². The third kappa shape index (κ3) is 3.67. The Morgan fingerprint density at radius 3 is 2.35 bits per heavy atom. The number of rotatable bonds is 5. The van der Waals surface area contributed by atoms with Gasteiger partial charge in [-0.05, 0) is 31.0 Å². The van der Waals surface area contributed by atoms with E-state index in [0.717, 1.165) is 17.7 Å². The zero-order chi connectivity index (χ0) is 16.9. The molecular weight excluding hydrogens is 316 g/mol. The van der Waals surface area contributed by atoms with E-state index < -0.39 is 15.9 Å². The first-order valence-corrected chi connectivity index (χ1v) is 8.58. The number of nitriles is 2. The van der Waals surface area contributed by atoms with Crippen LogP contribution < -0.4 is 0 Å². The highest BCUT2D eigenvalue weighted by Gasteiger charge is 2.28. The molecule has 0 aliphatic carbocycles. The molecule has 1 aromatic carbocycles. The van der Waals surface area contributed by atoms with Crippen LogP contribution in [0, 0.1) is 22.7 Å². The summed E-state index contributed by atoms with van der Waals surface area (Å²) in [6, 6.07) is 9.36. The Bertz CT molecular complexity index is 755. The molecule has 0 atom stereocenters. The van der Waals surface area contributed by atoms with Gasteiger partial charge in [0.25, 0.3) is 5.91 Å². The normalized spacial score (nSPS) is 14.9. The van der Waals surface area contributed by atoms with Gasteiger partial charge in [0.1, 0.15) is 13.1 Å². The molecule has 0 unspecified atom stereocenters. The molecule has 0 N–H and O–H groups in total. The summed E-state index contributed by atoms with van der Waals surface area (Å²) in [4.78, 5) is 13.5. The predicted octanol–water partition coefficient (Wildman–Crippen LogP) is 0.960. The molecule has 1 saturated heterocycles. The lowest BCUT2D eigenvalue weighted by Gasteiger charge is -2.18. The summed E-state index contributed by atoms with van der Waals surface area (Å²) in [6.45, 7) is 0.510. The van der Waals surface area contributed by atoms with Crippen LogP contribution in [0.2, 0.25) is 0 Å². The summed E-state index contributed by atoms with van der Waals surface area (Å²) in [7, 11) is -3.61. The summed E-state index contributed by atoms with van der Waals surface area (Å²) in [5.41, 5.74) is 0.149. The standard InChI is InChI=1S/C15H16N4O3S/c16-6-10-18(11-7-17)15(20)13-4-3-5-14(12-13)23(21,22)19-8-1-2-9-19/h3-5,12H,1-2,8-11H2. The monoisotopic (exact) mass is 332 g/mol. The van der Waals surface area contributed by atoms with Crippen molar-refractivity contribution in [3.63, 3.8) is 0 Å². The zero-order valence-electron chi connectivity index (χ0n) is 12.5. The van der Waals surface area contributed by atoms with Crippen molar-refractivity contribution in [2.24, 2.45) is 0 Å². The first-order valence-electron chi connectivity index (χ1n) is 7.14. The number of hydrogen-bond acceptors (Lipinski definition) is 5. The lowest BCUT2D eigenvalue weighted by molar-refractivity contribution is 0.0794. The smallest absolute Gasteiger partial charge is 0.255 e. The fraction of sp³-hybridized carbons (Fsp3) is 0.400. The van der Waals surface area contributed by atoms with Crippen LogP contribution in [-0.2, 0) is 10.0 Å². The van der Waals surface area contributed by atoms with Gasteiger partial charge < -0.3 is 4.90 Å². The van der Waals surface area contributed by atoms with Gasteiger partial charge >= 0.3 is 0 Å². The van der Waals surface area contributed by atoms with E-state index in [0.29, 0.717) is 13.1 Å². The van der Waals surface area contributed by atoms with E-state index in [9.17, 15) is 13.2 Å². The topological polar surface area (TPSA) is 105 Å². The maximum atomic E-state index is 12.5. The maximum absolute atomic E-state index is 12.5. The molecule has 1 aliphatic rings. The Hall–Kier alpha value is -2.42. The van der Waals surface area contributed by atoms with Crippen molar-refractivity contribution < 1.29 is 13.2 Å². The first kappa shape index (κ1) is 16.9. The van der Waals surface area contributed by atoms with Crippen molar-refractivity contribution in [3.8, 4) is 12.1 Å². The van der Waals surface area contributed by atoms with Crippen LogP contribution in [-0.4, -0.2) is 49.7 Å². The Morgan fingerprint density at radius 1 is 1.17 bits per heavy atom. The largest absolute Gasteiger partial charge is 0.312 e. The molecule has 1 amide bonds. The van der Waals surface area contributed by atoms with E-state index in [2.05, 4.69) is 0 Å². The number of hydrogen-bond donors (Lipinski definition) is 0. The highest BCUT2D eigenvalue weighted by Crippen LogP contribution is 2.22. The lowest BCUT2D eigenvalue weighted by atomic mass is 10.2. The zero-order valence-corrected chi connectivity index (χ0v) is 13.3. The quantitative estimate of drug-likeness (QED) is 0.747. The van der Waals surface area contributed by atoms with E-state index in [1.165, 1.54) is 28.6 Å². The summed E-state index contributed by atoms with van der Waals surface area (Å²) in [6.07, 6.45) is 1.66. The summed E-state index contributed by atoms with van der Waals surface area (Å²) < 4.78 is 26.5. The minimum absolute atomic E-state index is 0.0547. The van der Waals surface area contributed by atoms with Gasteiger partial charge in [0, 0.05) is 18.7 Å². The van der Waals surface area contributed by atoms with Crippen LogP contribution >= 0.6 is 0 Å². The second kappa shape index (κ2) is 7.23. The molecule has 2 rings (SSSR count). The van der Waals surface area contributed by atoms with E-state index in [1.807, 2.05) is 12.1 Å². The van der Waals surface area contributed by atoms with E-state index in [1.54, 1.807) is 0 Å². The van der Waals surface area contributed by atoms with Crippen LogP contribution in [0.25, 0.3) is 0 Å². The van der Waals surface area contributed by atoms with E-state index in [-0.39, 0.29) is 23.5 Å². The summed E-state index contributed by atoms with van der Waals surface area (Å²) >= 11 is 0. The molecule has 1 heterocycles. The second-order valence-corrected chi connectivity index (χ2v) is 7.05. The van der Waals surface area contributed by atoms with Gasteiger partial charge in [-0.1, -0.05) is 6.07 Å². The first-order chi connectivity index (χ1) is 11.0. The minimum Gasteiger partial charge on any atom is -0.312 e. The fourth-order valence-corrected chi connectivity index (χ4v) is 3.98. The number of carbonyl (C=O) groups is 1. The second-order valence-electron chi connectivity index (χ2n) is 5.12. The van der Waals surface area contributed by atoms with Gasteiger partial charge in [-0.25, -0.2) is 8.42 Å². The van der Waals surface area contributed by atoms with Gasteiger partial charge in [0.05, 0.1) is 17.0 Å². The minimum atomic E-state index is -3.61. The number of amides is 1. The number of carbonyl (C=O) groups excluding carboxylic acids is 1. The number of sulfonamides is 1. The van der Waals surface area contributed by atoms with Crippen molar-refractivity contribution in [2.75, 3.05) is 26.2 Å². The molecule has 1 aliphatic heterocycles. The van der Waals surface area contributed by atoms with Crippen molar-refractivity contribution in [2.45, 2.75) is 17.7 Å². The van der Waals surface area contributed by atoms with Gasteiger partial charge in [-0.2, -0.15) is 14.8 Å². The number of nitrogens with zero attached hydrogens (tertiary/aromatic N) is 4. The van der Waals surface area contributed by atoms with Crippen molar-refractivity contribution in [1.29, 1.82) is 10.5 Å². The molecule has 0 spiro atoms. The van der Waals surface area contributed by atoms with Crippen LogP contribution in [0.15, 0.2) is 29.2 Å². The van der Waals surface area contributed by atoms with Crippen LogP contribution in [0.3, 0.4) is 0 Å². The van der Waals surface area contributed by atoms with Crippen molar-refractivity contribution in [3.05, 3.63) is 29.8 Å². The van der Waals surface area contributed by atoms with Crippen molar-refractivity contribution in [1.82, 2.24) is 9.21 Å². The Labute approximate surface area is 135 Å². The highest BCUT2D eigenvalue weighted by molar-refractivity contribution is 7.89. The number of benzene rings is 1. The lowest BCUT2D eigenvalue weighted by Crippen LogP contribution is -2.32. The molecular formula is C15H16N4O3S. The van der Waals surface area contributed by atoms with Crippen LogP contribution in [0.4, 0.5) is 0 Å². The predicted molar refractivity (Wildman–Crippen MR) is 81.6 cm³/mol. The molecule has 1 fully saturated rings. The molecule has 7 nitrogen and oxygen atoms in total. The molecule has 0 bridgehead atoms. The molecule has 0 aromatic heterocycles. The Balaban J connectivity index is 2.31. The molecule has 0 radical (unpaired) electrons. The van der Waals surface area contributed by atoms with Crippen LogP contribution in [0.5, 0.6) is 0 Å². The van der Waals surface area contributed by atoms with E-state index >= 15 is 0 Å². The molecule has 8 heteroatoms. The summed E-state index contributed by atoms with van der Waals surface area (Å²) in [5, 5.41) is 17.5. The Kier molecular flexibility index (Phi) is 5.32. The van der Waals surface area contributed by atoms with E-state index in [4.69, 9.17) is 10.5 Å². The average Bonchev–Trinajstić information content (AvgIpc) is 3.09. The third-order valence-corrected chi connectivity index (χ3v) is 5.49. The Morgan fingerprint density at radius 2 is 1.78 bits per heavy atom. The highest BCUT2D eigenvalue weighted by atomic mass is 32.2. The molecule has 1 aromatic rings. The molecule has 23 heavy (non-hydrogen) atoms. The van der Waals surface area contributed by atoms with Gasteiger partial charge in [-0.15, -0.1) is 0 Å². The van der Waals surface area contributed by atoms with Gasteiger partial charge in [0.15, 0.2) is 0 Å². The molecule has 0 saturated carbocycles. The van der Waals surface area contributed by atoms with Crippen LogP contribution in [0.1, 0.15) is 23.2 Å².